The molecule has 0 aliphatic heterocycles. The molecule has 0 bridgehead atoms. The van der Waals surface area contributed by atoms with Crippen LogP contribution in [0.1, 0.15) is 25.7 Å². The third-order valence-electron chi connectivity index (χ3n) is 2.96. The normalized spacial score (nSPS) is 25.9. The number of halogens is 1. The predicted octanol–water partition coefficient (Wildman–Crippen LogP) is 1.53. The molecular weight excluding hydrogens is 214 g/mol. The number of hydrogen-bond donors (Lipinski definition) is 2. The quantitative estimate of drug-likeness (QED) is 0.812. The molecule has 0 unspecified atom stereocenters. The Morgan fingerprint density at radius 1 is 1.40 bits per heavy atom. The summed E-state index contributed by atoms with van der Waals surface area (Å²) in [5.41, 5.74) is 5.83. The molecule has 0 aromatic carbocycles. The van der Waals surface area contributed by atoms with Crippen LogP contribution in [0, 0.1) is 5.92 Å². The van der Waals surface area contributed by atoms with Crippen LogP contribution in [0.5, 0.6) is 5.75 Å². The van der Waals surface area contributed by atoms with Crippen LogP contribution in [0.4, 0.5) is 0 Å². The van der Waals surface area contributed by atoms with Gasteiger partial charge >= 0.3 is 0 Å². The fourth-order valence-corrected chi connectivity index (χ4v) is 2.09. The molecule has 0 amide bonds. The molecule has 1 aromatic rings. The van der Waals surface area contributed by atoms with Crippen molar-refractivity contribution in [2.75, 3.05) is 0 Å². The van der Waals surface area contributed by atoms with Crippen LogP contribution in [0.3, 0.4) is 0 Å². The summed E-state index contributed by atoms with van der Waals surface area (Å²) in [5, 5.41) is 13.2. The first-order chi connectivity index (χ1) is 6.74. The molecule has 3 N–H and O–H groups in total. The second-order valence-electron chi connectivity index (χ2n) is 4.20. The zero-order valence-corrected chi connectivity index (χ0v) is 9.49. The van der Waals surface area contributed by atoms with Crippen molar-refractivity contribution in [3.05, 3.63) is 12.4 Å². The van der Waals surface area contributed by atoms with E-state index in [0.29, 0.717) is 12.0 Å². The highest BCUT2D eigenvalue weighted by molar-refractivity contribution is 5.85. The van der Waals surface area contributed by atoms with Gasteiger partial charge in [0.05, 0.1) is 12.4 Å². The maximum Gasteiger partial charge on any atom is 0.153 e. The lowest BCUT2D eigenvalue weighted by Crippen LogP contribution is -2.28. The first-order valence-corrected chi connectivity index (χ1v) is 5.21. The van der Waals surface area contributed by atoms with Gasteiger partial charge in [-0.3, -0.25) is 4.68 Å². The fourth-order valence-electron chi connectivity index (χ4n) is 2.09. The van der Waals surface area contributed by atoms with Gasteiger partial charge in [0, 0.05) is 12.6 Å². The third kappa shape index (κ3) is 3.39. The van der Waals surface area contributed by atoms with E-state index in [2.05, 4.69) is 5.10 Å². The molecule has 4 nitrogen and oxygen atoms in total. The summed E-state index contributed by atoms with van der Waals surface area (Å²) in [4.78, 5) is 0. The SMILES string of the molecule is Cl.NC1CCC(Cn2cc(O)cn2)CC1. The van der Waals surface area contributed by atoms with Crippen molar-refractivity contribution >= 4 is 12.4 Å². The molecule has 1 aliphatic rings. The topological polar surface area (TPSA) is 64.1 Å². The van der Waals surface area contributed by atoms with Gasteiger partial charge in [-0.05, 0) is 31.6 Å². The summed E-state index contributed by atoms with van der Waals surface area (Å²) < 4.78 is 1.82. The van der Waals surface area contributed by atoms with E-state index in [1.54, 1.807) is 6.20 Å². The van der Waals surface area contributed by atoms with Gasteiger partial charge in [-0.2, -0.15) is 5.10 Å². The second-order valence-corrected chi connectivity index (χ2v) is 4.20. The van der Waals surface area contributed by atoms with Gasteiger partial charge in [0.15, 0.2) is 5.75 Å². The summed E-state index contributed by atoms with van der Waals surface area (Å²) in [6, 6.07) is 0.400. The Bertz CT molecular complexity index is 295. The molecule has 86 valence electrons. The largest absolute Gasteiger partial charge is 0.505 e. The Hall–Kier alpha value is -0.740. The van der Waals surface area contributed by atoms with Crippen molar-refractivity contribution in [3.63, 3.8) is 0 Å². The third-order valence-corrected chi connectivity index (χ3v) is 2.96. The van der Waals surface area contributed by atoms with Gasteiger partial charge in [0.1, 0.15) is 0 Å². The summed E-state index contributed by atoms with van der Waals surface area (Å²) >= 11 is 0. The lowest BCUT2D eigenvalue weighted by molar-refractivity contribution is 0.285. The molecule has 1 aromatic heterocycles. The number of aromatic hydroxyl groups is 1. The van der Waals surface area contributed by atoms with E-state index in [1.807, 2.05) is 4.68 Å². The maximum atomic E-state index is 9.12. The standard InChI is InChI=1S/C10H17N3O.ClH/c11-9-3-1-8(2-4-9)6-13-7-10(14)5-12-13;/h5,7-9,14H,1-4,6,11H2;1H. The highest BCUT2D eigenvalue weighted by Gasteiger charge is 2.18. The Labute approximate surface area is 95.9 Å². The minimum atomic E-state index is 0. The number of rotatable bonds is 2. The van der Waals surface area contributed by atoms with Crippen LogP contribution in [0.2, 0.25) is 0 Å². The highest BCUT2D eigenvalue weighted by Crippen LogP contribution is 2.24. The van der Waals surface area contributed by atoms with Gasteiger partial charge in [0.2, 0.25) is 0 Å². The van der Waals surface area contributed by atoms with E-state index in [-0.39, 0.29) is 18.2 Å². The van der Waals surface area contributed by atoms with Gasteiger partial charge in [-0.25, -0.2) is 0 Å². The van der Waals surface area contributed by atoms with Crippen LogP contribution in [0.15, 0.2) is 12.4 Å². The Morgan fingerprint density at radius 2 is 2.07 bits per heavy atom. The van der Waals surface area contributed by atoms with Crippen LogP contribution in [-0.2, 0) is 6.54 Å². The van der Waals surface area contributed by atoms with Crippen LogP contribution in [-0.4, -0.2) is 20.9 Å². The summed E-state index contributed by atoms with van der Waals surface area (Å²) in [5.74, 6) is 0.923. The summed E-state index contributed by atoms with van der Waals surface area (Å²) in [6.07, 6.45) is 7.77. The zero-order valence-electron chi connectivity index (χ0n) is 8.67. The van der Waals surface area contributed by atoms with Crippen molar-refractivity contribution in [2.24, 2.45) is 11.7 Å². The zero-order chi connectivity index (χ0) is 9.97. The molecule has 1 heterocycles. The highest BCUT2D eigenvalue weighted by atomic mass is 35.5. The Balaban J connectivity index is 0.00000112. The maximum absolute atomic E-state index is 9.12. The molecule has 1 saturated carbocycles. The van der Waals surface area contributed by atoms with Gasteiger partial charge in [-0.15, -0.1) is 12.4 Å². The number of hydrogen-bond acceptors (Lipinski definition) is 3. The molecule has 1 fully saturated rings. The Kier molecular flexibility index (Phi) is 4.42. The number of nitrogens with two attached hydrogens (primary N) is 1. The van der Waals surface area contributed by atoms with Crippen LogP contribution in [0.25, 0.3) is 0 Å². The van der Waals surface area contributed by atoms with E-state index < -0.39 is 0 Å². The second kappa shape index (κ2) is 5.37. The van der Waals surface area contributed by atoms with Gasteiger partial charge in [-0.1, -0.05) is 0 Å². The monoisotopic (exact) mass is 231 g/mol. The predicted molar refractivity (Wildman–Crippen MR) is 61.1 cm³/mol. The lowest BCUT2D eigenvalue weighted by Gasteiger charge is -2.25. The molecular formula is C10H18ClN3O. The molecule has 1 aliphatic carbocycles. The minimum Gasteiger partial charge on any atom is -0.505 e. The summed E-state index contributed by atoms with van der Waals surface area (Å²) in [6.45, 7) is 0.910. The molecule has 0 radical (unpaired) electrons. The van der Waals surface area contributed by atoms with E-state index in [1.165, 1.54) is 19.0 Å². The van der Waals surface area contributed by atoms with Crippen LogP contribution >= 0.6 is 12.4 Å². The first kappa shape index (κ1) is 12.3. The van der Waals surface area contributed by atoms with Gasteiger partial charge in [0.25, 0.3) is 0 Å². The van der Waals surface area contributed by atoms with Crippen molar-refractivity contribution in [3.8, 4) is 5.75 Å². The molecule has 15 heavy (non-hydrogen) atoms. The van der Waals surface area contributed by atoms with Crippen molar-refractivity contribution in [1.29, 1.82) is 0 Å². The van der Waals surface area contributed by atoms with Crippen molar-refractivity contribution < 1.29 is 5.11 Å². The molecule has 0 atom stereocenters. The van der Waals surface area contributed by atoms with Crippen LogP contribution < -0.4 is 5.73 Å². The van der Waals surface area contributed by atoms with Crippen molar-refractivity contribution in [1.82, 2.24) is 9.78 Å². The smallest absolute Gasteiger partial charge is 0.153 e. The van der Waals surface area contributed by atoms with E-state index in [9.17, 15) is 0 Å². The minimum absolute atomic E-state index is 0. The fraction of sp³-hybridized carbons (Fsp3) is 0.700. The van der Waals surface area contributed by atoms with E-state index >= 15 is 0 Å². The molecule has 0 spiro atoms. The molecule has 2 rings (SSSR count). The summed E-state index contributed by atoms with van der Waals surface area (Å²) in [7, 11) is 0. The van der Waals surface area contributed by atoms with Gasteiger partial charge < -0.3 is 10.8 Å². The average Bonchev–Trinajstić information content (AvgIpc) is 2.56. The molecule has 0 saturated heterocycles. The average molecular weight is 232 g/mol. The van der Waals surface area contributed by atoms with E-state index in [0.717, 1.165) is 19.4 Å². The molecule has 5 heteroatoms. The first-order valence-electron chi connectivity index (χ1n) is 5.21. The van der Waals surface area contributed by atoms with Crippen molar-refractivity contribution in [2.45, 2.75) is 38.3 Å². The number of nitrogens with zero attached hydrogens (tertiary/aromatic N) is 2. The number of aromatic nitrogens is 2. The van der Waals surface area contributed by atoms with E-state index in [4.69, 9.17) is 10.8 Å². The lowest BCUT2D eigenvalue weighted by atomic mass is 9.86. The Morgan fingerprint density at radius 3 is 2.60 bits per heavy atom.